The Kier molecular flexibility index (Phi) is 7.51. The minimum absolute atomic E-state index is 0.0396. The second kappa shape index (κ2) is 9.60. The molecule has 0 aliphatic rings. The van der Waals surface area contributed by atoms with E-state index >= 15 is 0 Å². The van der Waals surface area contributed by atoms with Crippen molar-refractivity contribution in [3.63, 3.8) is 0 Å². The number of nitrogens with zero attached hydrogens (tertiary/aromatic N) is 2. The highest BCUT2D eigenvalue weighted by molar-refractivity contribution is 5.70. The minimum Gasteiger partial charge on any atom is -0.410 e. The van der Waals surface area contributed by atoms with Crippen molar-refractivity contribution in [1.29, 1.82) is 0 Å². The Hall–Kier alpha value is -3.49. The summed E-state index contributed by atoms with van der Waals surface area (Å²) >= 11 is 0. The third-order valence-corrected chi connectivity index (χ3v) is 2.84. The summed E-state index contributed by atoms with van der Waals surface area (Å²) in [5.74, 6) is 0.164. The minimum atomic E-state index is -0.739. The van der Waals surface area contributed by atoms with Gasteiger partial charge in [0.15, 0.2) is 0 Å². The highest BCUT2D eigenvalue weighted by Gasteiger charge is 2.09. The summed E-state index contributed by atoms with van der Waals surface area (Å²) < 4.78 is 4.95. The Balaban J connectivity index is 0.00000151. The summed E-state index contributed by atoms with van der Waals surface area (Å²) in [6.07, 6.45) is -0.739. The van der Waals surface area contributed by atoms with Crippen LogP contribution in [0.15, 0.2) is 48.5 Å². The molecule has 0 aliphatic heterocycles. The van der Waals surface area contributed by atoms with Crippen LogP contribution in [-0.2, 0) is 6.54 Å². The molecular formula is C16H17N3O6. The van der Waals surface area contributed by atoms with Crippen LogP contribution >= 0.6 is 0 Å². The Morgan fingerprint density at radius 2 is 1.36 bits per heavy atom. The van der Waals surface area contributed by atoms with Gasteiger partial charge in [-0.25, -0.2) is 4.79 Å². The van der Waals surface area contributed by atoms with Gasteiger partial charge < -0.3 is 10.1 Å². The summed E-state index contributed by atoms with van der Waals surface area (Å²) in [6.45, 7) is 4.13. The van der Waals surface area contributed by atoms with Crippen molar-refractivity contribution < 1.29 is 19.4 Å². The second-order valence-electron chi connectivity index (χ2n) is 4.42. The third kappa shape index (κ3) is 6.26. The Labute approximate surface area is 143 Å². The summed E-state index contributed by atoms with van der Waals surface area (Å²) in [6, 6.07) is 10.8. The zero-order valence-corrected chi connectivity index (χ0v) is 13.7. The molecule has 0 aromatic heterocycles. The van der Waals surface area contributed by atoms with Crippen molar-refractivity contribution in [2.24, 2.45) is 0 Å². The number of rotatable bonds is 5. The first-order chi connectivity index (χ1) is 12.0. The van der Waals surface area contributed by atoms with Crippen LogP contribution in [0, 0.1) is 20.2 Å². The van der Waals surface area contributed by atoms with Crippen LogP contribution in [-0.4, -0.2) is 15.9 Å². The molecule has 0 saturated heterocycles. The number of ether oxygens (including phenoxy) is 1. The molecule has 132 valence electrons. The lowest BCUT2D eigenvalue weighted by atomic mass is 10.2. The number of nitrogens with one attached hydrogen (secondary N) is 1. The smallest absolute Gasteiger partial charge is 0.410 e. The van der Waals surface area contributed by atoms with Gasteiger partial charge in [-0.05, 0) is 17.7 Å². The van der Waals surface area contributed by atoms with Crippen molar-refractivity contribution in [2.75, 3.05) is 0 Å². The Morgan fingerprint density at radius 3 is 1.80 bits per heavy atom. The quantitative estimate of drug-likeness (QED) is 0.647. The van der Waals surface area contributed by atoms with E-state index < -0.39 is 15.9 Å². The molecule has 0 bridgehead atoms. The van der Waals surface area contributed by atoms with Gasteiger partial charge in [0.2, 0.25) is 0 Å². The standard InChI is InChI=1S/C14H11N3O6.C2H6/c18-14(23-13-7-5-12(6-8-13)17(21)22)15-9-10-1-3-11(4-2-10)16(19)20;1-2/h1-8H,9H2,(H,15,18);1-2H3. The lowest BCUT2D eigenvalue weighted by Gasteiger charge is -2.06. The number of amides is 1. The van der Waals surface area contributed by atoms with Gasteiger partial charge in [-0.1, -0.05) is 26.0 Å². The first kappa shape index (κ1) is 19.6. The van der Waals surface area contributed by atoms with E-state index in [-0.39, 0.29) is 23.7 Å². The molecule has 2 aromatic carbocycles. The van der Waals surface area contributed by atoms with Crippen LogP contribution in [0.5, 0.6) is 5.75 Å². The fraction of sp³-hybridized carbons (Fsp3) is 0.188. The zero-order valence-electron chi connectivity index (χ0n) is 13.7. The molecule has 0 unspecified atom stereocenters. The number of nitro benzene ring substituents is 2. The van der Waals surface area contributed by atoms with Crippen molar-refractivity contribution in [3.8, 4) is 5.75 Å². The largest absolute Gasteiger partial charge is 0.412 e. The maximum Gasteiger partial charge on any atom is 0.412 e. The van der Waals surface area contributed by atoms with Crippen LogP contribution in [0.4, 0.5) is 16.2 Å². The Bertz CT molecular complexity index is 729. The van der Waals surface area contributed by atoms with Gasteiger partial charge in [-0.3, -0.25) is 20.2 Å². The van der Waals surface area contributed by atoms with Crippen molar-refractivity contribution in [1.82, 2.24) is 5.32 Å². The fourth-order valence-electron chi connectivity index (χ4n) is 1.69. The molecule has 2 rings (SSSR count). The Morgan fingerprint density at radius 1 is 0.920 bits per heavy atom. The summed E-state index contributed by atoms with van der Waals surface area (Å²) in [5, 5.41) is 23.5. The van der Waals surface area contributed by atoms with Gasteiger partial charge >= 0.3 is 6.09 Å². The van der Waals surface area contributed by atoms with E-state index in [1.165, 1.54) is 48.5 Å². The monoisotopic (exact) mass is 347 g/mol. The maximum atomic E-state index is 11.6. The number of carbonyl (C=O) groups is 1. The molecule has 9 heteroatoms. The predicted molar refractivity (Wildman–Crippen MR) is 90.4 cm³/mol. The molecule has 0 heterocycles. The van der Waals surface area contributed by atoms with E-state index in [9.17, 15) is 25.0 Å². The van der Waals surface area contributed by atoms with Crippen LogP contribution in [0.2, 0.25) is 0 Å². The van der Waals surface area contributed by atoms with Crippen molar-refractivity contribution in [2.45, 2.75) is 20.4 Å². The van der Waals surface area contributed by atoms with Crippen LogP contribution in [0.1, 0.15) is 19.4 Å². The third-order valence-electron chi connectivity index (χ3n) is 2.84. The molecule has 1 N–H and O–H groups in total. The lowest BCUT2D eigenvalue weighted by Crippen LogP contribution is -2.26. The number of non-ortho nitro benzene ring substituents is 2. The summed E-state index contributed by atoms with van der Waals surface area (Å²) in [5.41, 5.74) is 0.516. The first-order valence-electron chi connectivity index (χ1n) is 7.39. The maximum absolute atomic E-state index is 11.6. The van der Waals surface area contributed by atoms with Gasteiger partial charge in [0, 0.05) is 30.8 Å². The zero-order chi connectivity index (χ0) is 18.8. The summed E-state index contributed by atoms with van der Waals surface area (Å²) in [7, 11) is 0. The number of carbonyl (C=O) groups excluding carboxylic acids is 1. The average Bonchev–Trinajstić information content (AvgIpc) is 2.62. The molecule has 25 heavy (non-hydrogen) atoms. The van der Waals surface area contributed by atoms with Crippen LogP contribution < -0.4 is 10.1 Å². The highest BCUT2D eigenvalue weighted by Crippen LogP contribution is 2.17. The average molecular weight is 347 g/mol. The topological polar surface area (TPSA) is 125 Å². The van der Waals surface area contributed by atoms with Gasteiger partial charge in [0.05, 0.1) is 9.85 Å². The lowest BCUT2D eigenvalue weighted by molar-refractivity contribution is -0.385. The first-order valence-corrected chi connectivity index (χ1v) is 7.39. The fourth-order valence-corrected chi connectivity index (χ4v) is 1.69. The van der Waals surface area contributed by atoms with Gasteiger partial charge in [0.1, 0.15) is 5.75 Å². The number of benzene rings is 2. The molecule has 0 saturated carbocycles. The molecule has 1 amide bonds. The SMILES string of the molecule is CC.O=C(NCc1ccc([N+](=O)[O-])cc1)Oc1ccc([N+](=O)[O-])cc1. The molecule has 0 spiro atoms. The van der Waals surface area contributed by atoms with E-state index in [2.05, 4.69) is 5.32 Å². The molecule has 2 aromatic rings. The van der Waals surface area contributed by atoms with Gasteiger partial charge in [0.25, 0.3) is 11.4 Å². The van der Waals surface area contributed by atoms with Crippen molar-refractivity contribution >= 4 is 17.5 Å². The molecule has 0 fully saturated rings. The molecule has 0 radical (unpaired) electrons. The van der Waals surface area contributed by atoms with Gasteiger partial charge in [-0.2, -0.15) is 0 Å². The van der Waals surface area contributed by atoms with Crippen molar-refractivity contribution in [3.05, 3.63) is 74.3 Å². The van der Waals surface area contributed by atoms with Crippen LogP contribution in [0.25, 0.3) is 0 Å². The second-order valence-corrected chi connectivity index (χ2v) is 4.42. The van der Waals surface area contributed by atoms with E-state index in [0.29, 0.717) is 5.56 Å². The normalized spacial score (nSPS) is 9.36. The van der Waals surface area contributed by atoms with E-state index in [0.717, 1.165) is 0 Å². The van der Waals surface area contributed by atoms with E-state index in [4.69, 9.17) is 4.74 Å². The molecule has 9 nitrogen and oxygen atoms in total. The molecular weight excluding hydrogens is 330 g/mol. The number of hydrogen-bond donors (Lipinski definition) is 1. The molecule has 0 aliphatic carbocycles. The predicted octanol–water partition coefficient (Wildman–Crippen LogP) is 3.82. The van der Waals surface area contributed by atoms with E-state index in [1.807, 2.05) is 13.8 Å². The van der Waals surface area contributed by atoms with Crippen LogP contribution in [0.3, 0.4) is 0 Å². The summed E-state index contributed by atoms with van der Waals surface area (Å²) in [4.78, 5) is 31.6. The van der Waals surface area contributed by atoms with E-state index in [1.54, 1.807) is 0 Å². The highest BCUT2D eigenvalue weighted by atomic mass is 16.6. The number of hydrogen-bond acceptors (Lipinski definition) is 6. The number of nitro groups is 2. The van der Waals surface area contributed by atoms with Gasteiger partial charge in [-0.15, -0.1) is 0 Å². The molecule has 0 atom stereocenters.